The summed E-state index contributed by atoms with van der Waals surface area (Å²) < 4.78 is 0. The van der Waals surface area contributed by atoms with Gasteiger partial charge in [0.05, 0.1) is 0 Å². The zero-order valence-corrected chi connectivity index (χ0v) is 9.17. The Bertz CT molecular complexity index is 367. The van der Waals surface area contributed by atoms with E-state index in [2.05, 4.69) is 9.97 Å². The molecular formula is C9H15ClN4O. The molecule has 1 aliphatic rings. The fourth-order valence-electron chi connectivity index (χ4n) is 1.77. The highest BCUT2D eigenvalue weighted by molar-refractivity contribution is 5.85. The molecule has 0 saturated carbocycles. The molecule has 1 aliphatic heterocycles. The van der Waals surface area contributed by atoms with E-state index in [0.717, 1.165) is 25.9 Å². The standard InChI is InChI=1S/C9H14N4O.ClH/c10-7-2-1-5-13(6-7)8-9(14)12-4-3-11-8;/h3-4,7H,1-2,5-6,10H2,(H,12,14);1H. The molecule has 5 nitrogen and oxygen atoms in total. The summed E-state index contributed by atoms with van der Waals surface area (Å²) in [6, 6.07) is 0.158. The summed E-state index contributed by atoms with van der Waals surface area (Å²) in [7, 11) is 0. The number of hydrogen-bond acceptors (Lipinski definition) is 4. The van der Waals surface area contributed by atoms with Gasteiger partial charge in [0.25, 0.3) is 5.56 Å². The van der Waals surface area contributed by atoms with Crippen LogP contribution in [0.4, 0.5) is 5.82 Å². The molecular weight excluding hydrogens is 216 g/mol. The zero-order chi connectivity index (χ0) is 9.97. The van der Waals surface area contributed by atoms with E-state index in [0.29, 0.717) is 5.82 Å². The lowest BCUT2D eigenvalue weighted by Gasteiger charge is -2.30. The number of H-pyrrole nitrogens is 1. The van der Waals surface area contributed by atoms with E-state index in [1.165, 1.54) is 6.20 Å². The van der Waals surface area contributed by atoms with Crippen LogP contribution in [0.2, 0.25) is 0 Å². The van der Waals surface area contributed by atoms with Crippen LogP contribution in [0, 0.1) is 0 Å². The monoisotopic (exact) mass is 230 g/mol. The SMILES string of the molecule is Cl.NC1CCCN(c2ncc[nH]c2=O)C1. The first-order valence-electron chi connectivity index (χ1n) is 4.81. The number of aromatic nitrogens is 2. The van der Waals surface area contributed by atoms with Gasteiger partial charge in [-0.1, -0.05) is 0 Å². The number of nitrogens with zero attached hydrogens (tertiary/aromatic N) is 2. The molecule has 84 valence electrons. The lowest BCUT2D eigenvalue weighted by atomic mass is 10.1. The van der Waals surface area contributed by atoms with Crippen LogP contribution < -0.4 is 16.2 Å². The molecule has 1 saturated heterocycles. The molecule has 0 radical (unpaired) electrons. The van der Waals surface area contributed by atoms with Gasteiger partial charge >= 0.3 is 0 Å². The second-order valence-electron chi connectivity index (χ2n) is 3.59. The third kappa shape index (κ3) is 2.70. The molecule has 6 heteroatoms. The number of rotatable bonds is 1. The second kappa shape index (κ2) is 5.14. The quantitative estimate of drug-likeness (QED) is 0.719. The third-order valence-electron chi connectivity index (χ3n) is 2.45. The van der Waals surface area contributed by atoms with Crippen molar-refractivity contribution in [2.45, 2.75) is 18.9 Å². The summed E-state index contributed by atoms with van der Waals surface area (Å²) in [6.45, 7) is 1.59. The number of hydrogen-bond donors (Lipinski definition) is 2. The van der Waals surface area contributed by atoms with Crippen molar-refractivity contribution in [2.75, 3.05) is 18.0 Å². The number of nitrogens with one attached hydrogen (secondary N) is 1. The Morgan fingerprint density at radius 3 is 3.07 bits per heavy atom. The fraction of sp³-hybridized carbons (Fsp3) is 0.556. The van der Waals surface area contributed by atoms with Crippen LogP contribution in [-0.4, -0.2) is 29.1 Å². The molecule has 2 heterocycles. The zero-order valence-electron chi connectivity index (χ0n) is 8.35. The first-order chi connectivity index (χ1) is 6.77. The topological polar surface area (TPSA) is 75.0 Å². The van der Waals surface area contributed by atoms with Crippen molar-refractivity contribution in [3.05, 3.63) is 22.7 Å². The molecule has 0 bridgehead atoms. The maximum absolute atomic E-state index is 11.4. The molecule has 0 spiro atoms. The highest BCUT2D eigenvalue weighted by atomic mass is 35.5. The van der Waals surface area contributed by atoms with Crippen molar-refractivity contribution >= 4 is 18.2 Å². The van der Waals surface area contributed by atoms with Gasteiger partial charge in [-0.2, -0.15) is 0 Å². The van der Waals surface area contributed by atoms with Crippen LogP contribution >= 0.6 is 12.4 Å². The second-order valence-corrected chi connectivity index (χ2v) is 3.59. The Morgan fingerprint density at radius 2 is 2.40 bits per heavy atom. The molecule has 3 N–H and O–H groups in total. The number of aromatic amines is 1. The lowest BCUT2D eigenvalue weighted by molar-refractivity contribution is 0.502. The van der Waals surface area contributed by atoms with E-state index in [9.17, 15) is 4.79 Å². The molecule has 1 fully saturated rings. The summed E-state index contributed by atoms with van der Waals surface area (Å²) in [5, 5.41) is 0. The summed E-state index contributed by atoms with van der Waals surface area (Å²) in [6.07, 6.45) is 5.19. The number of piperidine rings is 1. The average molecular weight is 231 g/mol. The first-order valence-corrected chi connectivity index (χ1v) is 4.81. The Hall–Kier alpha value is -1.07. The van der Waals surface area contributed by atoms with Crippen LogP contribution in [0.5, 0.6) is 0 Å². The van der Waals surface area contributed by atoms with Gasteiger partial charge in [-0.05, 0) is 12.8 Å². The normalized spacial score (nSPS) is 20.9. The van der Waals surface area contributed by atoms with Gasteiger partial charge in [-0.15, -0.1) is 12.4 Å². The van der Waals surface area contributed by atoms with Gasteiger partial charge in [-0.25, -0.2) is 4.98 Å². The van der Waals surface area contributed by atoms with Crippen LogP contribution in [0.15, 0.2) is 17.2 Å². The summed E-state index contributed by atoms with van der Waals surface area (Å²) in [5.74, 6) is 0.489. The minimum absolute atomic E-state index is 0. The molecule has 1 unspecified atom stereocenters. The Labute approximate surface area is 94.1 Å². The van der Waals surface area contributed by atoms with E-state index < -0.39 is 0 Å². The number of halogens is 1. The van der Waals surface area contributed by atoms with Crippen LogP contribution in [0.3, 0.4) is 0 Å². The van der Waals surface area contributed by atoms with E-state index in [1.807, 2.05) is 4.90 Å². The van der Waals surface area contributed by atoms with E-state index in [1.54, 1.807) is 6.20 Å². The Balaban J connectivity index is 0.00000112. The van der Waals surface area contributed by atoms with Gasteiger partial charge in [0.2, 0.25) is 0 Å². The van der Waals surface area contributed by atoms with Crippen LogP contribution in [-0.2, 0) is 0 Å². The third-order valence-corrected chi connectivity index (χ3v) is 2.45. The molecule has 0 aromatic carbocycles. The fourth-order valence-corrected chi connectivity index (χ4v) is 1.77. The van der Waals surface area contributed by atoms with Crippen molar-refractivity contribution in [2.24, 2.45) is 5.73 Å². The maximum Gasteiger partial charge on any atom is 0.290 e. The van der Waals surface area contributed by atoms with E-state index in [4.69, 9.17) is 5.73 Å². The van der Waals surface area contributed by atoms with Gasteiger partial charge < -0.3 is 15.6 Å². The smallest absolute Gasteiger partial charge is 0.290 e. The summed E-state index contributed by atoms with van der Waals surface area (Å²) in [5.41, 5.74) is 5.69. The van der Waals surface area contributed by atoms with Crippen molar-refractivity contribution in [1.82, 2.24) is 9.97 Å². The lowest BCUT2D eigenvalue weighted by Crippen LogP contribution is -2.45. The van der Waals surface area contributed by atoms with Gasteiger partial charge in [0.15, 0.2) is 5.82 Å². The molecule has 1 atom stereocenters. The predicted molar refractivity (Wildman–Crippen MR) is 61.5 cm³/mol. The van der Waals surface area contributed by atoms with Gasteiger partial charge in [0.1, 0.15) is 0 Å². The van der Waals surface area contributed by atoms with Gasteiger partial charge in [-0.3, -0.25) is 4.79 Å². The first kappa shape index (κ1) is 12.0. The molecule has 0 aliphatic carbocycles. The van der Waals surface area contributed by atoms with Crippen molar-refractivity contribution in [3.63, 3.8) is 0 Å². The minimum atomic E-state index is -0.137. The van der Waals surface area contributed by atoms with Crippen molar-refractivity contribution < 1.29 is 0 Å². The molecule has 1 aromatic rings. The average Bonchev–Trinajstić information content (AvgIpc) is 2.18. The number of nitrogens with two attached hydrogens (primary N) is 1. The van der Waals surface area contributed by atoms with Gasteiger partial charge in [0, 0.05) is 31.5 Å². The summed E-state index contributed by atoms with van der Waals surface area (Å²) >= 11 is 0. The molecule has 15 heavy (non-hydrogen) atoms. The van der Waals surface area contributed by atoms with Crippen molar-refractivity contribution in [1.29, 1.82) is 0 Å². The van der Waals surface area contributed by atoms with E-state index >= 15 is 0 Å². The largest absolute Gasteiger partial charge is 0.350 e. The molecule has 1 aromatic heterocycles. The highest BCUT2D eigenvalue weighted by Gasteiger charge is 2.19. The predicted octanol–water partition coefficient (Wildman–Crippen LogP) is 0.119. The Kier molecular flexibility index (Phi) is 4.11. The number of anilines is 1. The van der Waals surface area contributed by atoms with E-state index in [-0.39, 0.29) is 24.0 Å². The van der Waals surface area contributed by atoms with Crippen molar-refractivity contribution in [3.8, 4) is 0 Å². The van der Waals surface area contributed by atoms with Crippen LogP contribution in [0.25, 0.3) is 0 Å². The summed E-state index contributed by atoms with van der Waals surface area (Å²) in [4.78, 5) is 20.1. The molecule has 0 amide bonds. The minimum Gasteiger partial charge on any atom is -0.350 e. The Morgan fingerprint density at radius 1 is 1.60 bits per heavy atom. The maximum atomic E-state index is 11.4. The van der Waals surface area contributed by atoms with Crippen LogP contribution in [0.1, 0.15) is 12.8 Å². The highest BCUT2D eigenvalue weighted by Crippen LogP contribution is 2.12. The molecule has 2 rings (SSSR count).